The summed E-state index contributed by atoms with van der Waals surface area (Å²) in [6.45, 7) is -0.738. The van der Waals surface area contributed by atoms with E-state index in [1.165, 1.54) is 25.4 Å². The number of nitrogens with one attached hydrogen (secondary N) is 1. The molecule has 2 aliphatic carbocycles. The van der Waals surface area contributed by atoms with E-state index in [9.17, 15) is 31.5 Å². The molecule has 13 heteroatoms. The lowest BCUT2D eigenvalue weighted by Gasteiger charge is -2.21. The molecule has 4 aromatic rings. The zero-order valence-corrected chi connectivity index (χ0v) is 23.6. The van der Waals surface area contributed by atoms with Crippen LogP contribution in [0.25, 0.3) is 11.1 Å². The van der Waals surface area contributed by atoms with Crippen LogP contribution in [0.1, 0.15) is 69.7 Å². The van der Waals surface area contributed by atoms with Crippen molar-refractivity contribution < 1.29 is 40.3 Å². The predicted octanol–water partition coefficient (Wildman–Crippen LogP) is 6.85. The number of hydrogen-bond donors (Lipinski definition) is 1. The minimum atomic E-state index is -3.42. The number of rotatable bonds is 10. The molecule has 0 bridgehead atoms. The fourth-order valence-corrected chi connectivity index (χ4v) is 6.35. The van der Waals surface area contributed by atoms with Crippen molar-refractivity contribution in [3.8, 4) is 11.1 Å². The van der Waals surface area contributed by atoms with E-state index >= 15 is 8.78 Å². The van der Waals surface area contributed by atoms with Crippen LogP contribution in [-0.2, 0) is 23.7 Å². The van der Waals surface area contributed by atoms with Crippen molar-refractivity contribution in [3.05, 3.63) is 106 Å². The van der Waals surface area contributed by atoms with Crippen LogP contribution in [-0.4, -0.2) is 33.5 Å². The van der Waals surface area contributed by atoms with Crippen molar-refractivity contribution in [1.82, 2.24) is 20.1 Å². The van der Waals surface area contributed by atoms with E-state index in [2.05, 4.69) is 15.4 Å². The first-order valence-electron chi connectivity index (χ1n) is 14.1. The number of hydrogen-bond acceptors (Lipinski definition) is 4. The van der Waals surface area contributed by atoms with Crippen molar-refractivity contribution in [2.75, 3.05) is 7.05 Å². The van der Waals surface area contributed by atoms with Gasteiger partial charge in [0.25, 0.3) is 18.3 Å². The van der Waals surface area contributed by atoms with Gasteiger partial charge < -0.3 is 5.32 Å². The topological polar surface area (TPSA) is 76.9 Å². The Labute approximate surface area is 252 Å². The Balaban J connectivity index is 1.38. The number of aromatic nitrogens is 3. The molecule has 45 heavy (non-hydrogen) atoms. The summed E-state index contributed by atoms with van der Waals surface area (Å²) in [4.78, 5) is 30.2. The largest absolute Gasteiger partial charge is 0.355 e. The number of ketones is 1. The summed E-state index contributed by atoms with van der Waals surface area (Å²) in [6, 6.07) is 9.78. The van der Waals surface area contributed by atoms with Crippen molar-refractivity contribution in [3.63, 3.8) is 0 Å². The number of nitrogens with zero attached hydrogens (tertiary/aromatic N) is 3. The second kappa shape index (κ2) is 11.4. The number of amides is 1. The molecule has 1 amide bonds. The van der Waals surface area contributed by atoms with Gasteiger partial charge in [-0.15, -0.1) is 0 Å². The molecule has 3 atom stereocenters. The van der Waals surface area contributed by atoms with Crippen LogP contribution in [0.5, 0.6) is 0 Å². The van der Waals surface area contributed by atoms with Gasteiger partial charge in [-0.05, 0) is 60.2 Å². The fraction of sp³-hybridized carbons (Fsp3) is 0.312. The molecule has 1 saturated carbocycles. The maximum Gasteiger partial charge on any atom is 0.293 e. The van der Waals surface area contributed by atoms with Gasteiger partial charge in [-0.25, -0.2) is 22.0 Å². The first kappa shape index (κ1) is 30.5. The average Bonchev–Trinajstić information content (AvgIpc) is 3.65. The monoisotopic (exact) mass is 630 g/mol. The molecule has 0 spiro atoms. The summed E-state index contributed by atoms with van der Waals surface area (Å²) in [5.41, 5.74) is -0.752. The Morgan fingerprint density at radius 2 is 1.78 bits per heavy atom. The van der Waals surface area contributed by atoms with Crippen LogP contribution < -0.4 is 5.32 Å². The first-order chi connectivity index (χ1) is 21.4. The Morgan fingerprint density at radius 3 is 2.47 bits per heavy atom. The van der Waals surface area contributed by atoms with E-state index in [4.69, 9.17) is 0 Å². The lowest BCUT2D eigenvalue weighted by Crippen LogP contribution is -2.24. The molecule has 0 unspecified atom stereocenters. The maximum absolute atomic E-state index is 15.1. The number of Topliss-reactive ketones (excluding diaryl/α,β-unsaturated/α-hetero) is 1. The zero-order valence-electron chi connectivity index (χ0n) is 23.6. The standard InChI is InChI=1S/C32H25F7N4O2/c1-40-31(45)23-11-16(4-5-25(23)35)21-3-2-6-41-27(21)17(7-15-8-18(33)12-19(34)9-15)10-20(44)14-43-29-26(28(42-43)30(36)37)22-13-24(22)32(29,38)39/h2-6,8-9,11-12,17,22,24,30H,7,10,13-14H2,1H3,(H,40,45)/t17-,22+,24-/m1/s1. The molecule has 2 heterocycles. The minimum Gasteiger partial charge on any atom is -0.355 e. The highest BCUT2D eigenvalue weighted by Crippen LogP contribution is 2.68. The molecule has 2 aliphatic rings. The highest BCUT2D eigenvalue weighted by Gasteiger charge is 2.67. The van der Waals surface area contributed by atoms with Gasteiger partial charge in [0.05, 0.1) is 11.3 Å². The van der Waals surface area contributed by atoms with Crippen LogP contribution in [0.15, 0.2) is 54.7 Å². The van der Waals surface area contributed by atoms with Crippen LogP contribution in [0.4, 0.5) is 30.7 Å². The van der Waals surface area contributed by atoms with Gasteiger partial charge in [0.15, 0.2) is 5.78 Å². The number of benzene rings is 2. The molecule has 6 nitrogen and oxygen atoms in total. The van der Waals surface area contributed by atoms with Crippen molar-refractivity contribution in [1.29, 1.82) is 0 Å². The van der Waals surface area contributed by atoms with Gasteiger partial charge >= 0.3 is 0 Å². The Hall–Kier alpha value is -4.55. The van der Waals surface area contributed by atoms with Gasteiger partial charge in [0.2, 0.25) is 0 Å². The van der Waals surface area contributed by atoms with E-state index in [1.807, 2.05) is 0 Å². The SMILES string of the molecule is CNC(=O)c1cc(-c2cccnc2[C@@H](CC(=O)Cn2nc(C(F)F)c3c2C(F)(F)[C@@H]2C[C@H]32)Cc2cc(F)cc(F)c2)ccc1F. The number of fused-ring (bicyclic) bond motifs is 3. The summed E-state index contributed by atoms with van der Waals surface area (Å²) in [7, 11) is 1.34. The van der Waals surface area contributed by atoms with Crippen molar-refractivity contribution in [2.45, 2.75) is 50.0 Å². The number of carbonyl (C=O) groups excluding carboxylic acids is 2. The summed E-state index contributed by atoms with van der Waals surface area (Å²) in [5, 5.41) is 6.07. The summed E-state index contributed by atoms with van der Waals surface area (Å²) in [5.74, 6) is -10.0. The quantitative estimate of drug-likeness (QED) is 0.195. The molecule has 0 radical (unpaired) electrons. The van der Waals surface area contributed by atoms with Crippen molar-refractivity contribution >= 4 is 11.7 Å². The minimum absolute atomic E-state index is 0.0685. The highest BCUT2D eigenvalue weighted by molar-refractivity contribution is 5.95. The average molecular weight is 631 g/mol. The summed E-state index contributed by atoms with van der Waals surface area (Å²) in [6.07, 6.45) is -2.16. The molecule has 234 valence electrons. The molecular weight excluding hydrogens is 605 g/mol. The fourth-order valence-electron chi connectivity index (χ4n) is 6.35. The maximum atomic E-state index is 15.1. The van der Waals surface area contributed by atoms with E-state index in [-0.39, 0.29) is 35.2 Å². The summed E-state index contributed by atoms with van der Waals surface area (Å²) < 4.78 is 101. The third kappa shape index (κ3) is 5.59. The second-order valence-electron chi connectivity index (χ2n) is 11.3. The lowest BCUT2D eigenvalue weighted by atomic mass is 9.86. The smallest absolute Gasteiger partial charge is 0.293 e. The molecule has 1 N–H and O–H groups in total. The third-order valence-corrected chi connectivity index (χ3v) is 8.35. The van der Waals surface area contributed by atoms with E-state index in [0.29, 0.717) is 21.9 Å². The van der Waals surface area contributed by atoms with Crippen molar-refractivity contribution in [2.24, 2.45) is 5.92 Å². The van der Waals surface area contributed by atoms with E-state index < -0.39 is 83.6 Å². The molecule has 0 aliphatic heterocycles. The van der Waals surface area contributed by atoms with Gasteiger partial charge in [-0.1, -0.05) is 12.1 Å². The normalized spacial score (nSPS) is 18.4. The Morgan fingerprint density at radius 1 is 1.04 bits per heavy atom. The second-order valence-corrected chi connectivity index (χ2v) is 11.3. The number of alkyl halides is 4. The molecule has 2 aromatic carbocycles. The molecule has 2 aromatic heterocycles. The molecular formula is C32H25F7N4O2. The Bertz CT molecular complexity index is 1800. The molecule has 6 rings (SSSR count). The van der Waals surface area contributed by atoms with E-state index in [0.717, 1.165) is 18.2 Å². The van der Waals surface area contributed by atoms with E-state index in [1.54, 1.807) is 12.1 Å². The lowest BCUT2D eigenvalue weighted by molar-refractivity contribution is -0.120. The Kier molecular flexibility index (Phi) is 7.74. The number of halogens is 7. The zero-order chi connectivity index (χ0) is 32.2. The number of carbonyl (C=O) groups is 2. The van der Waals surface area contributed by atoms with Gasteiger partial charge in [-0.2, -0.15) is 13.9 Å². The van der Waals surface area contributed by atoms with Gasteiger partial charge in [0.1, 0.15) is 35.4 Å². The van der Waals surface area contributed by atoms with Crippen LogP contribution in [0.2, 0.25) is 0 Å². The molecule has 0 saturated heterocycles. The van der Waals surface area contributed by atoms with Gasteiger partial charge in [-0.3, -0.25) is 19.3 Å². The van der Waals surface area contributed by atoms with Gasteiger partial charge in [0, 0.05) is 48.7 Å². The first-order valence-corrected chi connectivity index (χ1v) is 14.1. The highest BCUT2D eigenvalue weighted by atomic mass is 19.3. The summed E-state index contributed by atoms with van der Waals surface area (Å²) >= 11 is 0. The third-order valence-electron chi connectivity index (χ3n) is 8.35. The predicted molar refractivity (Wildman–Crippen MR) is 147 cm³/mol. The molecule has 1 fully saturated rings. The van der Waals surface area contributed by atoms with Crippen LogP contribution >= 0.6 is 0 Å². The van der Waals surface area contributed by atoms with Crippen LogP contribution in [0, 0.1) is 23.4 Å². The van der Waals surface area contributed by atoms with Crippen LogP contribution in [0.3, 0.4) is 0 Å². The number of pyridine rings is 1.